The Bertz CT molecular complexity index is 707. The van der Waals surface area contributed by atoms with Gasteiger partial charge in [-0.15, -0.1) is 11.3 Å². The van der Waals surface area contributed by atoms with Crippen LogP contribution in [0.2, 0.25) is 5.02 Å². The van der Waals surface area contributed by atoms with Crippen LogP contribution in [-0.4, -0.2) is 19.0 Å². The van der Waals surface area contributed by atoms with Crippen molar-refractivity contribution in [3.8, 4) is 0 Å². The lowest BCUT2D eigenvalue weighted by atomic mass is 10.1. The molecule has 4 nitrogen and oxygen atoms in total. The Morgan fingerprint density at radius 1 is 1.23 bits per heavy atom. The molecule has 1 aromatic heterocycles. The summed E-state index contributed by atoms with van der Waals surface area (Å²) in [7, 11) is 1.33. The molecule has 6 heteroatoms. The normalized spacial score (nSPS) is 10.4. The second-order valence-corrected chi connectivity index (χ2v) is 6.49. The van der Waals surface area contributed by atoms with Gasteiger partial charge in [-0.2, -0.15) is 0 Å². The topological polar surface area (TPSA) is 55.4 Å². The molecule has 1 heterocycles. The van der Waals surface area contributed by atoms with E-state index in [9.17, 15) is 9.59 Å². The number of benzene rings is 1. The highest BCUT2D eigenvalue weighted by Crippen LogP contribution is 2.33. The SMILES string of the molecule is COC(=O)c1c(NC(=O)Cc2ccc(Cl)cc2)sc(C)c1C. The first kappa shape index (κ1) is 16.5. The van der Waals surface area contributed by atoms with Crippen molar-refractivity contribution in [2.45, 2.75) is 20.3 Å². The highest BCUT2D eigenvalue weighted by Gasteiger charge is 2.21. The molecule has 0 radical (unpaired) electrons. The van der Waals surface area contributed by atoms with Crippen LogP contribution in [0.25, 0.3) is 0 Å². The third-order valence-electron chi connectivity index (χ3n) is 3.31. The van der Waals surface area contributed by atoms with Crippen LogP contribution in [0.1, 0.15) is 26.4 Å². The Morgan fingerprint density at radius 3 is 2.45 bits per heavy atom. The van der Waals surface area contributed by atoms with Gasteiger partial charge in [0.1, 0.15) is 5.00 Å². The van der Waals surface area contributed by atoms with Gasteiger partial charge in [0.25, 0.3) is 0 Å². The highest BCUT2D eigenvalue weighted by atomic mass is 35.5. The number of ether oxygens (including phenoxy) is 1. The standard InChI is InChI=1S/C16H16ClNO3S/c1-9-10(2)22-15(14(9)16(20)21-3)18-13(19)8-11-4-6-12(17)7-5-11/h4-7H,8H2,1-3H3,(H,18,19). The molecular formula is C16H16ClNO3S. The fraction of sp³-hybridized carbons (Fsp3) is 0.250. The number of esters is 1. The minimum atomic E-state index is -0.441. The van der Waals surface area contributed by atoms with E-state index in [2.05, 4.69) is 5.32 Å². The summed E-state index contributed by atoms with van der Waals surface area (Å²) in [6, 6.07) is 7.08. The van der Waals surface area contributed by atoms with E-state index < -0.39 is 5.97 Å². The molecule has 0 bridgehead atoms. The first-order valence-corrected chi connectivity index (χ1v) is 7.84. The second-order valence-electron chi connectivity index (χ2n) is 4.83. The number of carbonyl (C=O) groups excluding carboxylic acids is 2. The molecule has 1 N–H and O–H groups in total. The number of methoxy groups -OCH3 is 1. The molecule has 0 aliphatic carbocycles. The fourth-order valence-electron chi connectivity index (χ4n) is 2.02. The number of halogens is 1. The van der Waals surface area contributed by atoms with Crippen molar-refractivity contribution in [2.75, 3.05) is 12.4 Å². The largest absolute Gasteiger partial charge is 0.465 e. The van der Waals surface area contributed by atoms with Crippen LogP contribution < -0.4 is 5.32 Å². The molecule has 0 fully saturated rings. The molecule has 2 aromatic rings. The van der Waals surface area contributed by atoms with Gasteiger partial charge in [0.05, 0.1) is 19.1 Å². The quantitative estimate of drug-likeness (QED) is 0.858. The maximum Gasteiger partial charge on any atom is 0.341 e. The highest BCUT2D eigenvalue weighted by molar-refractivity contribution is 7.16. The lowest BCUT2D eigenvalue weighted by Gasteiger charge is -2.06. The number of anilines is 1. The predicted octanol–water partition coefficient (Wildman–Crippen LogP) is 3.99. The van der Waals surface area contributed by atoms with Gasteiger partial charge in [0.15, 0.2) is 0 Å². The first-order chi connectivity index (χ1) is 10.4. The van der Waals surface area contributed by atoms with Gasteiger partial charge in [-0.1, -0.05) is 23.7 Å². The van der Waals surface area contributed by atoms with E-state index in [0.29, 0.717) is 15.6 Å². The number of aryl methyl sites for hydroxylation is 1. The van der Waals surface area contributed by atoms with E-state index in [0.717, 1.165) is 16.0 Å². The zero-order chi connectivity index (χ0) is 16.3. The third-order valence-corrected chi connectivity index (χ3v) is 4.68. The van der Waals surface area contributed by atoms with Gasteiger partial charge in [-0.25, -0.2) is 4.79 Å². The predicted molar refractivity (Wildman–Crippen MR) is 88.9 cm³/mol. The maximum atomic E-state index is 12.2. The molecule has 0 spiro atoms. The van der Waals surface area contributed by atoms with Crippen LogP contribution in [0.3, 0.4) is 0 Å². The summed E-state index contributed by atoms with van der Waals surface area (Å²) in [6.45, 7) is 3.74. The maximum absolute atomic E-state index is 12.2. The molecule has 116 valence electrons. The molecule has 0 aliphatic rings. The molecule has 2 rings (SSSR count). The number of amides is 1. The van der Waals surface area contributed by atoms with Crippen molar-refractivity contribution in [1.29, 1.82) is 0 Å². The number of hydrogen-bond acceptors (Lipinski definition) is 4. The van der Waals surface area contributed by atoms with E-state index in [1.54, 1.807) is 24.3 Å². The molecule has 1 aromatic carbocycles. The van der Waals surface area contributed by atoms with Crippen molar-refractivity contribution >= 4 is 39.8 Å². The molecule has 22 heavy (non-hydrogen) atoms. The summed E-state index contributed by atoms with van der Waals surface area (Å²) in [5, 5.41) is 3.95. The lowest BCUT2D eigenvalue weighted by molar-refractivity contribution is -0.115. The number of thiophene rings is 1. The van der Waals surface area contributed by atoms with Gasteiger partial charge >= 0.3 is 5.97 Å². The Kier molecular flexibility index (Phi) is 5.21. The summed E-state index contributed by atoms with van der Waals surface area (Å²) in [4.78, 5) is 25.0. The van der Waals surface area contributed by atoms with E-state index in [1.807, 2.05) is 13.8 Å². The Labute approximate surface area is 138 Å². The molecule has 0 unspecified atom stereocenters. The summed E-state index contributed by atoms with van der Waals surface area (Å²) >= 11 is 7.19. The van der Waals surface area contributed by atoms with Crippen LogP contribution in [0, 0.1) is 13.8 Å². The molecule has 0 saturated carbocycles. The smallest absolute Gasteiger partial charge is 0.341 e. The molecule has 0 saturated heterocycles. The van der Waals surface area contributed by atoms with E-state index in [-0.39, 0.29) is 12.3 Å². The van der Waals surface area contributed by atoms with Gasteiger partial charge < -0.3 is 10.1 Å². The number of nitrogens with one attached hydrogen (secondary N) is 1. The summed E-state index contributed by atoms with van der Waals surface area (Å²) in [5.74, 6) is -0.627. The van der Waals surface area contributed by atoms with Crippen molar-refractivity contribution in [3.63, 3.8) is 0 Å². The van der Waals surface area contributed by atoms with E-state index in [4.69, 9.17) is 16.3 Å². The Balaban J connectivity index is 2.16. The molecular weight excluding hydrogens is 322 g/mol. The minimum Gasteiger partial charge on any atom is -0.465 e. The average molecular weight is 338 g/mol. The van der Waals surface area contributed by atoms with Crippen molar-refractivity contribution in [1.82, 2.24) is 0 Å². The average Bonchev–Trinajstić information content (AvgIpc) is 2.75. The number of rotatable bonds is 4. The fourth-order valence-corrected chi connectivity index (χ4v) is 3.21. The van der Waals surface area contributed by atoms with Crippen molar-refractivity contribution in [2.24, 2.45) is 0 Å². The Hall–Kier alpha value is -1.85. The Morgan fingerprint density at radius 2 is 1.86 bits per heavy atom. The van der Waals surface area contributed by atoms with Gasteiger partial charge in [-0.3, -0.25) is 4.79 Å². The van der Waals surface area contributed by atoms with Crippen LogP contribution >= 0.6 is 22.9 Å². The summed E-state index contributed by atoms with van der Waals surface area (Å²) in [5.41, 5.74) is 2.11. The van der Waals surface area contributed by atoms with Crippen LogP contribution in [0.15, 0.2) is 24.3 Å². The zero-order valence-corrected chi connectivity index (χ0v) is 14.1. The number of hydrogen-bond donors (Lipinski definition) is 1. The summed E-state index contributed by atoms with van der Waals surface area (Å²) in [6.07, 6.45) is 0.216. The summed E-state index contributed by atoms with van der Waals surface area (Å²) < 4.78 is 4.79. The van der Waals surface area contributed by atoms with Gasteiger partial charge in [0.2, 0.25) is 5.91 Å². The van der Waals surface area contributed by atoms with E-state index in [1.165, 1.54) is 18.4 Å². The molecule has 0 aliphatic heterocycles. The van der Waals surface area contributed by atoms with Crippen molar-refractivity contribution in [3.05, 3.63) is 50.9 Å². The monoisotopic (exact) mass is 337 g/mol. The van der Waals surface area contributed by atoms with Gasteiger partial charge in [-0.05, 0) is 37.1 Å². The lowest BCUT2D eigenvalue weighted by Crippen LogP contribution is -2.16. The van der Waals surface area contributed by atoms with Crippen LogP contribution in [-0.2, 0) is 16.0 Å². The zero-order valence-electron chi connectivity index (χ0n) is 12.5. The second kappa shape index (κ2) is 6.94. The van der Waals surface area contributed by atoms with Crippen molar-refractivity contribution < 1.29 is 14.3 Å². The van der Waals surface area contributed by atoms with Crippen LogP contribution in [0.5, 0.6) is 0 Å². The molecule has 0 atom stereocenters. The van der Waals surface area contributed by atoms with Gasteiger partial charge in [0, 0.05) is 9.90 Å². The minimum absolute atomic E-state index is 0.186. The third kappa shape index (κ3) is 3.67. The first-order valence-electron chi connectivity index (χ1n) is 6.65. The molecule has 1 amide bonds. The number of carbonyl (C=O) groups is 2. The van der Waals surface area contributed by atoms with Crippen LogP contribution in [0.4, 0.5) is 5.00 Å². The van der Waals surface area contributed by atoms with E-state index >= 15 is 0 Å².